The van der Waals surface area contributed by atoms with Crippen molar-refractivity contribution < 1.29 is 0 Å². The predicted octanol–water partition coefficient (Wildman–Crippen LogP) is 4.29. The number of aromatic nitrogens is 2. The number of hydrazine groups is 1. The van der Waals surface area contributed by atoms with Crippen molar-refractivity contribution in [2.24, 2.45) is 0 Å². The summed E-state index contributed by atoms with van der Waals surface area (Å²) in [6, 6.07) is 7.68. The highest BCUT2D eigenvalue weighted by Crippen LogP contribution is 2.26. The zero-order chi connectivity index (χ0) is 14.9. The quantitative estimate of drug-likeness (QED) is 0.564. The Kier molecular flexibility index (Phi) is 6.44. The normalized spacial score (nSPS) is 10.6. The SMILES string of the molecule is CCCCCCNNc1ncc(-c2ccccc2Cl)cn1. The Balaban J connectivity index is 1.84. The molecular weight excluding hydrogens is 284 g/mol. The number of nitrogens with one attached hydrogen (secondary N) is 2. The van der Waals surface area contributed by atoms with Crippen molar-refractivity contribution in [2.75, 3.05) is 12.0 Å². The fourth-order valence-corrected chi connectivity index (χ4v) is 2.25. The van der Waals surface area contributed by atoms with E-state index in [0.717, 1.165) is 24.1 Å². The minimum Gasteiger partial charge on any atom is -0.290 e. The molecule has 2 aromatic rings. The molecule has 0 saturated carbocycles. The number of halogens is 1. The molecule has 1 aromatic heterocycles. The molecule has 1 aromatic carbocycles. The monoisotopic (exact) mass is 304 g/mol. The number of unbranched alkanes of at least 4 members (excludes halogenated alkanes) is 3. The zero-order valence-electron chi connectivity index (χ0n) is 12.3. The Morgan fingerprint density at radius 1 is 1.05 bits per heavy atom. The van der Waals surface area contributed by atoms with Gasteiger partial charge in [0.1, 0.15) is 0 Å². The van der Waals surface area contributed by atoms with Gasteiger partial charge in [-0.3, -0.25) is 5.43 Å². The summed E-state index contributed by atoms with van der Waals surface area (Å²) in [5.74, 6) is 0.571. The molecule has 21 heavy (non-hydrogen) atoms. The average Bonchev–Trinajstić information content (AvgIpc) is 2.52. The number of rotatable bonds is 8. The van der Waals surface area contributed by atoms with Crippen LogP contribution in [0, 0.1) is 0 Å². The Bertz CT molecular complexity index is 542. The number of anilines is 1. The number of nitrogens with zero attached hydrogens (tertiary/aromatic N) is 2. The van der Waals surface area contributed by atoms with Crippen molar-refractivity contribution in [1.29, 1.82) is 0 Å². The molecule has 0 aliphatic carbocycles. The molecule has 0 spiro atoms. The van der Waals surface area contributed by atoms with Crippen LogP contribution in [0.25, 0.3) is 11.1 Å². The first-order chi connectivity index (χ1) is 10.3. The largest absolute Gasteiger partial charge is 0.290 e. The molecule has 4 nitrogen and oxygen atoms in total. The first-order valence-electron chi connectivity index (χ1n) is 7.37. The van der Waals surface area contributed by atoms with Crippen LogP contribution in [0.2, 0.25) is 5.02 Å². The second-order valence-corrected chi connectivity index (χ2v) is 5.29. The van der Waals surface area contributed by atoms with Gasteiger partial charge in [0, 0.05) is 35.1 Å². The minimum atomic E-state index is 0.571. The molecule has 1 heterocycles. The molecule has 0 unspecified atom stereocenters. The van der Waals surface area contributed by atoms with E-state index in [-0.39, 0.29) is 0 Å². The third-order valence-corrected chi connectivity index (χ3v) is 3.52. The lowest BCUT2D eigenvalue weighted by Gasteiger charge is -2.08. The van der Waals surface area contributed by atoms with Crippen LogP contribution in [0.4, 0.5) is 5.95 Å². The van der Waals surface area contributed by atoms with Crippen LogP contribution >= 0.6 is 11.6 Å². The van der Waals surface area contributed by atoms with Crippen molar-refractivity contribution in [2.45, 2.75) is 32.6 Å². The van der Waals surface area contributed by atoms with Crippen LogP contribution in [0.5, 0.6) is 0 Å². The maximum Gasteiger partial charge on any atom is 0.237 e. The van der Waals surface area contributed by atoms with Gasteiger partial charge < -0.3 is 0 Å². The van der Waals surface area contributed by atoms with E-state index in [1.54, 1.807) is 12.4 Å². The van der Waals surface area contributed by atoms with Gasteiger partial charge in [0.25, 0.3) is 0 Å². The molecule has 5 heteroatoms. The van der Waals surface area contributed by atoms with Gasteiger partial charge >= 0.3 is 0 Å². The molecule has 0 saturated heterocycles. The minimum absolute atomic E-state index is 0.571. The lowest BCUT2D eigenvalue weighted by Crippen LogP contribution is -2.24. The third kappa shape index (κ3) is 4.99. The van der Waals surface area contributed by atoms with E-state index in [4.69, 9.17) is 11.6 Å². The van der Waals surface area contributed by atoms with E-state index in [2.05, 4.69) is 27.7 Å². The summed E-state index contributed by atoms with van der Waals surface area (Å²) in [6.45, 7) is 3.12. The summed E-state index contributed by atoms with van der Waals surface area (Å²) in [5.41, 5.74) is 7.99. The first kappa shape index (κ1) is 15.7. The molecule has 2 rings (SSSR count). The molecule has 0 atom stereocenters. The van der Waals surface area contributed by atoms with E-state index in [1.165, 1.54) is 19.3 Å². The van der Waals surface area contributed by atoms with Gasteiger partial charge in [0.15, 0.2) is 0 Å². The Hall–Kier alpha value is -1.65. The van der Waals surface area contributed by atoms with E-state index >= 15 is 0 Å². The van der Waals surface area contributed by atoms with Gasteiger partial charge in [0.05, 0.1) is 0 Å². The Labute approximate surface area is 130 Å². The third-order valence-electron chi connectivity index (χ3n) is 3.19. The average molecular weight is 305 g/mol. The highest BCUT2D eigenvalue weighted by molar-refractivity contribution is 6.33. The maximum absolute atomic E-state index is 6.16. The van der Waals surface area contributed by atoms with Gasteiger partial charge in [0.2, 0.25) is 5.95 Å². The summed E-state index contributed by atoms with van der Waals surface area (Å²) in [6.07, 6.45) is 8.48. The molecule has 0 aliphatic heterocycles. The van der Waals surface area contributed by atoms with Crippen molar-refractivity contribution in [1.82, 2.24) is 15.4 Å². The van der Waals surface area contributed by atoms with Gasteiger partial charge in [-0.1, -0.05) is 56.0 Å². The van der Waals surface area contributed by atoms with Crippen LogP contribution in [0.3, 0.4) is 0 Å². The highest BCUT2D eigenvalue weighted by Gasteiger charge is 2.03. The van der Waals surface area contributed by atoms with Crippen LogP contribution in [-0.4, -0.2) is 16.5 Å². The van der Waals surface area contributed by atoms with Crippen molar-refractivity contribution in [3.05, 3.63) is 41.7 Å². The first-order valence-corrected chi connectivity index (χ1v) is 7.75. The van der Waals surface area contributed by atoms with E-state index in [1.807, 2.05) is 24.3 Å². The van der Waals surface area contributed by atoms with Crippen molar-refractivity contribution in [3.63, 3.8) is 0 Å². The molecule has 0 bridgehead atoms. The molecular formula is C16H21ClN4. The fraction of sp³-hybridized carbons (Fsp3) is 0.375. The summed E-state index contributed by atoms with van der Waals surface area (Å²) >= 11 is 6.16. The van der Waals surface area contributed by atoms with Crippen molar-refractivity contribution >= 4 is 17.5 Å². The summed E-state index contributed by atoms with van der Waals surface area (Å²) in [7, 11) is 0. The molecule has 0 fully saturated rings. The van der Waals surface area contributed by atoms with E-state index in [9.17, 15) is 0 Å². The van der Waals surface area contributed by atoms with Crippen LogP contribution in [0.1, 0.15) is 32.6 Å². The summed E-state index contributed by atoms with van der Waals surface area (Å²) in [4.78, 5) is 8.57. The maximum atomic E-state index is 6.16. The van der Waals surface area contributed by atoms with E-state index < -0.39 is 0 Å². The second kappa shape index (κ2) is 8.60. The zero-order valence-corrected chi connectivity index (χ0v) is 13.0. The number of hydrogen-bond donors (Lipinski definition) is 2. The standard InChI is InChI=1S/C16H21ClN4/c1-2-3-4-7-10-20-21-16-18-11-13(12-19-16)14-8-5-6-9-15(14)17/h5-6,8-9,11-12,20H,2-4,7,10H2,1H3,(H,18,19,21). The molecule has 0 amide bonds. The summed E-state index contributed by atoms with van der Waals surface area (Å²) < 4.78 is 0. The van der Waals surface area contributed by atoms with Gasteiger partial charge in [-0.05, 0) is 12.5 Å². The van der Waals surface area contributed by atoms with Crippen LogP contribution in [-0.2, 0) is 0 Å². The number of benzene rings is 1. The highest BCUT2D eigenvalue weighted by atomic mass is 35.5. The lowest BCUT2D eigenvalue weighted by atomic mass is 10.1. The van der Waals surface area contributed by atoms with Crippen molar-refractivity contribution in [3.8, 4) is 11.1 Å². The Morgan fingerprint density at radius 2 is 1.81 bits per heavy atom. The Morgan fingerprint density at radius 3 is 2.52 bits per heavy atom. The number of hydrogen-bond acceptors (Lipinski definition) is 4. The fourth-order valence-electron chi connectivity index (χ4n) is 2.01. The van der Waals surface area contributed by atoms with Gasteiger partial charge in [-0.15, -0.1) is 0 Å². The molecule has 2 N–H and O–H groups in total. The molecule has 0 aliphatic rings. The smallest absolute Gasteiger partial charge is 0.237 e. The van der Waals surface area contributed by atoms with Gasteiger partial charge in [-0.2, -0.15) is 0 Å². The van der Waals surface area contributed by atoms with Gasteiger partial charge in [-0.25, -0.2) is 15.4 Å². The molecule has 112 valence electrons. The predicted molar refractivity (Wildman–Crippen MR) is 88.2 cm³/mol. The second-order valence-electron chi connectivity index (χ2n) is 4.89. The topological polar surface area (TPSA) is 49.8 Å². The van der Waals surface area contributed by atoms with Crippen LogP contribution in [0.15, 0.2) is 36.7 Å². The van der Waals surface area contributed by atoms with Crippen LogP contribution < -0.4 is 10.9 Å². The summed E-state index contributed by atoms with van der Waals surface area (Å²) in [5, 5.41) is 0.704. The van der Waals surface area contributed by atoms with E-state index in [0.29, 0.717) is 11.0 Å². The lowest BCUT2D eigenvalue weighted by molar-refractivity contribution is 0.629. The molecule has 0 radical (unpaired) electrons.